The third-order valence-corrected chi connectivity index (χ3v) is 4.34. The van der Waals surface area contributed by atoms with Crippen LogP contribution in [0.5, 0.6) is 0 Å². The lowest BCUT2D eigenvalue weighted by Gasteiger charge is -2.22. The van der Waals surface area contributed by atoms with Crippen LogP contribution in [0.2, 0.25) is 0 Å². The zero-order valence-corrected chi connectivity index (χ0v) is 14.1. The van der Waals surface area contributed by atoms with Crippen molar-refractivity contribution in [3.63, 3.8) is 0 Å². The minimum Gasteiger partial charge on any atom is -0.341 e. The van der Waals surface area contributed by atoms with Gasteiger partial charge in [-0.25, -0.2) is 15.2 Å². The summed E-state index contributed by atoms with van der Waals surface area (Å²) in [4.78, 5) is 7.01. The molecule has 124 valence electrons. The fourth-order valence-electron chi connectivity index (χ4n) is 3.09. The van der Waals surface area contributed by atoms with Crippen LogP contribution in [0.4, 0.5) is 5.69 Å². The number of nitrogens with zero attached hydrogens (tertiary/aromatic N) is 3. The van der Waals surface area contributed by atoms with Crippen LogP contribution in [0.15, 0.2) is 35.3 Å². The SMILES string of the molecule is CCCCN(C1=NCCN1)C(Nc1ccccc1)=[N+]1CCCC1. The summed E-state index contributed by atoms with van der Waals surface area (Å²) in [6.07, 6.45) is 4.87. The first-order valence-electron chi connectivity index (χ1n) is 8.88. The number of rotatable bonds is 4. The highest BCUT2D eigenvalue weighted by atomic mass is 15.4. The van der Waals surface area contributed by atoms with E-state index in [0.717, 1.165) is 50.8 Å². The molecule has 5 nitrogen and oxygen atoms in total. The van der Waals surface area contributed by atoms with Gasteiger partial charge in [0.05, 0.1) is 31.9 Å². The molecular formula is C18H28N5+. The first-order chi connectivity index (χ1) is 11.4. The van der Waals surface area contributed by atoms with Gasteiger partial charge >= 0.3 is 5.96 Å². The van der Waals surface area contributed by atoms with Gasteiger partial charge in [0.2, 0.25) is 0 Å². The molecule has 23 heavy (non-hydrogen) atoms. The van der Waals surface area contributed by atoms with Gasteiger partial charge in [0.1, 0.15) is 0 Å². The van der Waals surface area contributed by atoms with Crippen molar-refractivity contribution in [2.45, 2.75) is 32.6 Å². The van der Waals surface area contributed by atoms with Gasteiger partial charge in [-0.1, -0.05) is 31.5 Å². The topological polar surface area (TPSA) is 42.7 Å². The first kappa shape index (κ1) is 15.8. The minimum absolute atomic E-state index is 0.872. The monoisotopic (exact) mass is 314 g/mol. The van der Waals surface area contributed by atoms with E-state index in [2.05, 4.69) is 62.4 Å². The van der Waals surface area contributed by atoms with Crippen LogP contribution in [0.25, 0.3) is 0 Å². The fraction of sp³-hybridized carbons (Fsp3) is 0.556. The highest BCUT2D eigenvalue weighted by Crippen LogP contribution is 2.12. The third kappa shape index (κ3) is 4.03. The minimum atomic E-state index is 0.872. The van der Waals surface area contributed by atoms with E-state index in [4.69, 9.17) is 0 Å². The average Bonchev–Trinajstić information content (AvgIpc) is 3.29. The van der Waals surface area contributed by atoms with Crippen molar-refractivity contribution >= 4 is 17.6 Å². The second-order valence-electron chi connectivity index (χ2n) is 6.15. The Balaban J connectivity index is 1.89. The molecule has 2 N–H and O–H groups in total. The molecule has 0 unspecified atom stereocenters. The molecule has 2 aliphatic rings. The van der Waals surface area contributed by atoms with E-state index >= 15 is 0 Å². The number of aliphatic imine (C=N–C) groups is 1. The van der Waals surface area contributed by atoms with Crippen LogP contribution in [0.1, 0.15) is 32.6 Å². The molecule has 1 saturated heterocycles. The molecule has 1 aromatic rings. The zero-order chi connectivity index (χ0) is 15.9. The molecule has 0 aliphatic carbocycles. The van der Waals surface area contributed by atoms with E-state index in [0.29, 0.717) is 0 Å². The van der Waals surface area contributed by atoms with E-state index in [-0.39, 0.29) is 0 Å². The van der Waals surface area contributed by atoms with Gasteiger partial charge in [0, 0.05) is 6.54 Å². The summed E-state index contributed by atoms with van der Waals surface area (Å²) in [5, 5.41) is 7.10. The average molecular weight is 314 g/mol. The third-order valence-electron chi connectivity index (χ3n) is 4.34. The van der Waals surface area contributed by atoms with Crippen LogP contribution < -0.4 is 10.6 Å². The molecule has 0 bridgehead atoms. The second-order valence-corrected chi connectivity index (χ2v) is 6.15. The maximum atomic E-state index is 4.67. The number of benzene rings is 1. The van der Waals surface area contributed by atoms with Crippen molar-refractivity contribution in [3.8, 4) is 0 Å². The van der Waals surface area contributed by atoms with Crippen molar-refractivity contribution in [3.05, 3.63) is 30.3 Å². The van der Waals surface area contributed by atoms with Crippen LogP contribution in [-0.2, 0) is 0 Å². The Morgan fingerprint density at radius 2 is 2.04 bits per heavy atom. The van der Waals surface area contributed by atoms with Crippen molar-refractivity contribution < 1.29 is 4.58 Å². The molecule has 1 aromatic carbocycles. The Labute approximate surface area is 139 Å². The predicted molar refractivity (Wildman–Crippen MR) is 96.2 cm³/mol. The van der Waals surface area contributed by atoms with E-state index in [1.807, 2.05) is 0 Å². The second kappa shape index (κ2) is 7.99. The van der Waals surface area contributed by atoms with Crippen molar-refractivity contribution in [1.29, 1.82) is 0 Å². The molecule has 1 fully saturated rings. The molecule has 0 saturated carbocycles. The lowest BCUT2D eigenvalue weighted by atomic mass is 10.3. The standard InChI is InChI=1S/C18H27N5/c1-2-3-15-23(17-19-11-12-20-17)18(22-13-7-8-14-22)21-16-9-5-4-6-10-16/h4-6,9-10H,2-3,7-8,11-15H2,1H3,(H,19,20)/p+1. The molecule has 0 aromatic heterocycles. The lowest BCUT2D eigenvalue weighted by Crippen LogP contribution is -2.50. The Kier molecular flexibility index (Phi) is 5.51. The Morgan fingerprint density at radius 3 is 2.70 bits per heavy atom. The van der Waals surface area contributed by atoms with Crippen LogP contribution in [0.3, 0.4) is 0 Å². The van der Waals surface area contributed by atoms with Crippen molar-refractivity contribution in [2.24, 2.45) is 4.99 Å². The van der Waals surface area contributed by atoms with Gasteiger partial charge in [-0.3, -0.25) is 4.58 Å². The highest BCUT2D eigenvalue weighted by Gasteiger charge is 2.30. The number of hydrogen-bond acceptors (Lipinski definition) is 2. The molecule has 0 atom stereocenters. The maximum absolute atomic E-state index is 4.67. The largest absolute Gasteiger partial charge is 0.360 e. The zero-order valence-electron chi connectivity index (χ0n) is 14.1. The molecule has 0 amide bonds. The molecular weight excluding hydrogens is 286 g/mol. The molecule has 0 spiro atoms. The van der Waals surface area contributed by atoms with E-state index in [1.54, 1.807) is 0 Å². The van der Waals surface area contributed by atoms with Crippen LogP contribution in [-0.4, -0.2) is 54.1 Å². The molecule has 5 heteroatoms. The number of nitrogens with one attached hydrogen (secondary N) is 2. The van der Waals surface area contributed by atoms with E-state index < -0.39 is 0 Å². The maximum Gasteiger partial charge on any atom is 0.360 e. The molecule has 0 radical (unpaired) electrons. The Hall–Kier alpha value is -2.04. The molecule has 2 aliphatic heterocycles. The summed E-state index contributed by atoms with van der Waals surface area (Å²) >= 11 is 0. The van der Waals surface area contributed by atoms with Gasteiger partial charge < -0.3 is 5.32 Å². The van der Waals surface area contributed by atoms with Crippen molar-refractivity contribution in [2.75, 3.05) is 38.0 Å². The summed E-state index contributed by atoms with van der Waals surface area (Å²) < 4.78 is 2.46. The van der Waals surface area contributed by atoms with Gasteiger partial charge in [0.15, 0.2) is 0 Å². The van der Waals surface area contributed by atoms with Gasteiger partial charge in [-0.2, -0.15) is 0 Å². The summed E-state index contributed by atoms with van der Waals surface area (Å²) in [6, 6.07) is 10.4. The van der Waals surface area contributed by atoms with Gasteiger partial charge in [0.25, 0.3) is 5.96 Å². The molecule has 3 rings (SSSR count). The number of unbranched alkanes of at least 4 members (excludes halogenated alkanes) is 1. The fourth-order valence-corrected chi connectivity index (χ4v) is 3.09. The number of anilines is 1. The highest BCUT2D eigenvalue weighted by molar-refractivity contribution is 6.03. The van der Waals surface area contributed by atoms with E-state index in [9.17, 15) is 0 Å². The van der Waals surface area contributed by atoms with E-state index in [1.165, 1.54) is 25.2 Å². The summed E-state index contributed by atoms with van der Waals surface area (Å²) in [5.74, 6) is 2.19. The normalized spacial score (nSPS) is 16.9. The number of para-hydroxylation sites is 1. The Bertz CT molecular complexity index is 556. The van der Waals surface area contributed by atoms with Crippen molar-refractivity contribution in [1.82, 2.24) is 10.2 Å². The smallest absolute Gasteiger partial charge is 0.341 e. The van der Waals surface area contributed by atoms with Crippen LogP contribution >= 0.6 is 0 Å². The summed E-state index contributed by atoms with van der Waals surface area (Å²) in [7, 11) is 0. The summed E-state index contributed by atoms with van der Waals surface area (Å²) in [6.45, 7) is 7.28. The van der Waals surface area contributed by atoms with Gasteiger partial charge in [-0.15, -0.1) is 0 Å². The number of hydrogen-bond donors (Lipinski definition) is 2. The van der Waals surface area contributed by atoms with Gasteiger partial charge in [-0.05, 0) is 31.4 Å². The van der Waals surface area contributed by atoms with Crippen LogP contribution in [0, 0.1) is 0 Å². The summed E-state index contributed by atoms with van der Waals surface area (Å²) in [5.41, 5.74) is 1.13. The number of guanidine groups is 2. The first-order valence-corrected chi connectivity index (χ1v) is 8.88. The Morgan fingerprint density at radius 1 is 1.26 bits per heavy atom. The molecule has 2 heterocycles. The predicted octanol–water partition coefficient (Wildman–Crippen LogP) is 2.32. The quantitative estimate of drug-likeness (QED) is 0.662. The lowest BCUT2D eigenvalue weighted by molar-refractivity contribution is -0.510.